The third kappa shape index (κ3) is 4.05. The number of hydrogen-bond donors (Lipinski definition) is 0. The molecule has 35 heavy (non-hydrogen) atoms. The number of ether oxygens (including phenoxy) is 3. The monoisotopic (exact) mass is 508 g/mol. The first kappa shape index (κ1) is 22.1. The number of carbonyl (C=O) groups excluding carboxylic acids is 1. The Bertz CT molecular complexity index is 1450. The first-order valence-corrected chi connectivity index (χ1v) is 12.3. The van der Waals surface area contributed by atoms with Crippen molar-refractivity contribution in [3.8, 4) is 11.5 Å². The summed E-state index contributed by atoms with van der Waals surface area (Å²) in [6, 6.07) is 11.0. The van der Waals surface area contributed by atoms with E-state index in [0.29, 0.717) is 70.6 Å². The van der Waals surface area contributed by atoms with Crippen molar-refractivity contribution in [3.05, 3.63) is 69.0 Å². The van der Waals surface area contributed by atoms with E-state index in [1.54, 1.807) is 24.4 Å². The summed E-state index contributed by atoms with van der Waals surface area (Å²) in [4.78, 5) is 35.5. The van der Waals surface area contributed by atoms with Gasteiger partial charge in [-0.15, -0.1) is 0 Å². The van der Waals surface area contributed by atoms with E-state index in [1.165, 1.54) is 21.1 Å². The lowest BCUT2D eigenvalue weighted by atomic mass is 10.2. The van der Waals surface area contributed by atoms with Gasteiger partial charge >= 0.3 is 0 Å². The van der Waals surface area contributed by atoms with Gasteiger partial charge in [0.25, 0.3) is 11.5 Å². The molecular formula is C24H20N4O5S2. The molecule has 11 heteroatoms. The van der Waals surface area contributed by atoms with Crippen LogP contribution in [0.3, 0.4) is 0 Å². The fourth-order valence-electron chi connectivity index (χ4n) is 4.22. The van der Waals surface area contributed by atoms with E-state index in [-0.39, 0.29) is 18.3 Å². The Kier molecular flexibility index (Phi) is 5.67. The minimum absolute atomic E-state index is 0.184. The van der Waals surface area contributed by atoms with Crippen molar-refractivity contribution in [2.75, 3.05) is 38.0 Å². The Labute approximate surface area is 209 Å². The maximum atomic E-state index is 13.5. The Morgan fingerprint density at radius 1 is 1.09 bits per heavy atom. The molecule has 2 fully saturated rings. The smallest absolute Gasteiger partial charge is 0.267 e. The lowest BCUT2D eigenvalue weighted by Crippen LogP contribution is -2.38. The second-order valence-electron chi connectivity index (χ2n) is 8.14. The quantitative estimate of drug-likeness (QED) is 0.390. The number of benzene rings is 1. The van der Waals surface area contributed by atoms with Crippen LogP contribution in [-0.4, -0.2) is 57.6 Å². The van der Waals surface area contributed by atoms with Gasteiger partial charge in [-0.05, 0) is 35.9 Å². The van der Waals surface area contributed by atoms with Gasteiger partial charge in [-0.25, -0.2) is 4.98 Å². The summed E-state index contributed by atoms with van der Waals surface area (Å²) < 4.78 is 18.2. The molecule has 3 aliphatic heterocycles. The summed E-state index contributed by atoms with van der Waals surface area (Å²) in [6.45, 7) is 2.80. The molecule has 6 rings (SSSR count). The summed E-state index contributed by atoms with van der Waals surface area (Å²) >= 11 is 6.71. The summed E-state index contributed by atoms with van der Waals surface area (Å²) in [5, 5.41) is 0. The van der Waals surface area contributed by atoms with Crippen LogP contribution in [0.25, 0.3) is 11.7 Å². The van der Waals surface area contributed by atoms with Crippen molar-refractivity contribution in [1.82, 2.24) is 14.3 Å². The molecule has 0 spiro atoms. The van der Waals surface area contributed by atoms with Crippen LogP contribution in [-0.2, 0) is 16.1 Å². The molecule has 5 heterocycles. The second-order valence-corrected chi connectivity index (χ2v) is 9.81. The maximum Gasteiger partial charge on any atom is 0.267 e. The number of morpholine rings is 1. The molecule has 2 saturated heterocycles. The fourth-order valence-corrected chi connectivity index (χ4v) is 5.46. The lowest BCUT2D eigenvalue weighted by Gasteiger charge is -2.29. The number of hydrogen-bond acceptors (Lipinski definition) is 9. The van der Waals surface area contributed by atoms with E-state index in [4.69, 9.17) is 31.4 Å². The van der Waals surface area contributed by atoms with E-state index < -0.39 is 0 Å². The summed E-state index contributed by atoms with van der Waals surface area (Å²) in [7, 11) is 0. The predicted molar refractivity (Wildman–Crippen MR) is 136 cm³/mol. The van der Waals surface area contributed by atoms with Crippen LogP contribution in [0.4, 0.5) is 5.82 Å². The highest BCUT2D eigenvalue weighted by Gasteiger charge is 2.33. The summed E-state index contributed by atoms with van der Waals surface area (Å²) in [6.07, 6.45) is 3.30. The van der Waals surface area contributed by atoms with Gasteiger partial charge in [-0.2, -0.15) is 0 Å². The lowest BCUT2D eigenvalue weighted by molar-refractivity contribution is -0.122. The predicted octanol–water partition coefficient (Wildman–Crippen LogP) is 2.66. The van der Waals surface area contributed by atoms with Gasteiger partial charge in [0, 0.05) is 19.3 Å². The number of fused-ring (bicyclic) bond motifs is 2. The molecule has 0 unspecified atom stereocenters. The zero-order valence-corrected chi connectivity index (χ0v) is 20.1. The number of rotatable bonds is 4. The average molecular weight is 509 g/mol. The van der Waals surface area contributed by atoms with Crippen LogP contribution in [0, 0.1) is 0 Å². The molecule has 0 saturated carbocycles. The third-order valence-electron chi connectivity index (χ3n) is 5.99. The second kappa shape index (κ2) is 8.99. The highest BCUT2D eigenvalue weighted by molar-refractivity contribution is 8.26. The van der Waals surface area contributed by atoms with E-state index in [2.05, 4.69) is 0 Å². The Hall–Kier alpha value is -3.41. The van der Waals surface area contributed by atoms with E-state index in [9.17, 15) is 9.59 Å². The van der Waals surface area contributed by atoms with Crippen LogP contribution in [0.2, 0.25) is 0 Å². The molecule has 9 nitrogen and oxygen atoms in total. The Morgan fingerprint density at radius 3 is 2.77 bits per heavy atom. The number of thioether (sulfide) groups is 1. The van der Waals surface area contributed by atoms with Crippen LogP contribution < -0.4 is 19.9 Å². The normalized spacial score (nSPS) is 18.8. The number of thiocarbonyl (C=S) groups is 1. The van der Waals surface area contributed by atoms with Gasteiger partial charge in [0.05, 0.1) is 30.2 Å². The minimum atomic E-state index is -0.247. The third-order valence-corrected chi connectivity index (χ3v) is 7.36. The number of carbonyl (C=O) groups is 1. The molecule has 178 valence electrons. The molecule has 0 radical (unpaired) electrons. The van der Waals surface area contributed by atoms with Crippen LogP contribution in [0.15, 0.2) is 52.3 Å². The molecule has 0 N–H and O–H groups in total. The molecular weight excluding hydrogens is 488 g/mol. The molecule has 0 atom stereocenters. The topological polar surface area (TPSA) is 85.6 Å². The van der Waals surface area contributed by atoms with Crippen molar-refractivity contribution in [1.29, 1.82) is 0 Å². The number of aromatic nitrogens is 2. The molecule has 3 aromatic rings. The summed E-state index contributed by atoms with van der Waals surface area (Å²) in [5.74, 6) is 1.63. The van der Waals surface area contributed by atoms with Crippen molar-refractivity contribution in [3.63, 3.8) is 0 Å². The van der Waals surface area contributed by atoms with Crippen molar-refractivity contribution in [2.24, 2.45) is 0 Å². The minimum Gasteiger partial charge on any atom is -0.454 e. The molecule has 2 aromatic heterocycles. The van der Waals surface area contributed by atoms with Gasteiger partial charge in [0.2, 0.25) is 6.79 Å². The largest absolute Gasteiger partial charge is 0.454 e. The zero-order chi connectivity index (χ0) is 23.9. The van der Waals surface area contributed by atoms with Crippen molar-refractivity contribution >= 4 is 51.7 Å². The van der Waals surface area contributed by atoms with E-state index >= 15 is 0 Å². The van der Waals surface area contributed by atoms with Gasteiger partial charge in [-0.3, -0.25) is 18.9 Å². The average Bonchev–Trinajstić information content (AvgIpc) is 3.45. The first-order valence-electron chi connectivity index (χ1n) is 11.1. The van der Waals surface area contributed by atoms with Crippen LogP contribution in [0.5, 0.6) is 11.5 Å². The van der Waals surface area contributed by atoms with E-state index in [0.717, 1.165) is 5.56 Å². The fraction of sp³-hybridized carbons (Fsp3) is 0.250. The highest BCUT2D eigenvalue weighted by Crippen LogP contribution is 2.37. The van der Waals surface area contributed by atoms with Crippen molar-refractivity contribution < 1.29 is 19.0 Å². The molecule has 0 aliphatic carbocycles. The SMILES string of the molecule is O=C1C(=Cc2c(N3CCOCC3)nc3ccccn3c2=O)SC(=S)N1Cc1ccc2c(c1)OCO2. The molecule has 3 aliphatic rings. The first-order chi connectivity index (χ1) is 17.1. The van der Waals surface area contributed by atoms with Gasteiger partial charge in [0.1, 0.15) is 15.8 Å². The zero-order valence-electron chi connectivity index (χ0n) is 18.5. The molecule has 0 bridgehead atoms. The summed E-state index contributed by atoms with van der Waals surface area (Å²) in [5.41, 5.74) is 1.54. The van der Waals surface area contributed by atoms with Crippen molar-refractivity contribution in [2.45, 2.75) is 6.54 Å². The van der Waals surface area contributed by atoms with Crippen LogP contribution in [0.1, 0.15) is 11.1 Å². The van der Waals surface area contributed by atoms with Gasteiger partial charge < -0.3 is 19.1 Å². The maximum absolute atomic E-state index is 13.5. The van der Waals surface area contributed by atoms with Gasteiger partial charge in [-0.1, -0.05) is 36.1 Å². The Morgan fingerprint density at radius 2 is 1.91 bits per heavy atom. The number of amides is 1. The highest BCUT2D eigenvalue weighted by atomic mass is 32.2. The number of pyridine rings is 1. The molecule has 1 aromatic carbocycles. The number of nitrogens with zero attached hydrogens (tertiary/aromatic N) is 4. The number of anilines is 1. The van der Waals surface area contributed by atoms with Crippen LogP contribution >= 0.6 is 24.0 Å². The Balaban J connectivity index is 1.36. The van der Waals surface area contributed by atoms with E-state index in [1.807, 2.05) is 29.2 Å². The standard InChI is InChI=1S/C24H20N4O5S2/c29-22-16(21(26-7-9-31-10-8-26)25-20-3-1-2-6-27(20)22)12-19-23(30)28(24(34)35-19)13-15-4-5-17-18(11-15)33-14-32-17/h1-6,11-12H,7-10,13-14H2. The molecule has 1 amide bonds. The van der Waals surface area contributed by atoms with Gasteiger partial charge in [0.15, 0.2) is 11.5 Å².